The van der Waals surface area contributed by atoms with Crippen LogP contribution in [0.15, 0.2) is 54.3 Å². The van der Waals surface area contributed by atoms with Crippen LogP contribution in [0, 0.1) is 0 Å². The first-order valence-electron chi connectivity index (χ1n) is 6.78. The minimum absolute atomic E-state index is 0.296. The van der Waals surface area contributed by atoms with Crippen LogP contribution in [0.25, 0.3) is 17.0 Å². The van der Waals surface area contributed by atoms with Gasteiger partial charge in [-0.25, -0.2) is 14.5 Å². The maximum absolute atomic E-state index is 12.3. The van der Waals surface area contributed by atoms with Gasteiger partial charge in [0.05, 0.1) is 5.69 Å². The zero-order chi connectivity index (χ0) is 15.6. The fraction of sp³-hybridized carbons (Fsp3) is 0. The number of amides is 1. The summed E-state index contributed by atoms with van der Waals surface area (Å²) in [7, 11) is 0. The normalized spacial score (nSPS) is 10.8. The van der Waals surface area contributed by atoms with Crippen LogP contribution in [-0.2, 0) is 0 Å². The van der Waals surface area contributed by atoms with Crippen molar-refractivity contribution >= 4 is 28.0 Å². The predicted molar refractivity (Wildman–Crippen MR) is 86.3 cm³/mol. The number of pyridine rings is 1. The van der Waals surface area contributed by atoms with Gasteiger partial charge in [0.1, 0.15) is 11.4 Å². The molecule has 0 saturated carbocycles. The van der Waals surface area contributed by atoms with Crippen LogP contribution < -0.4 is 5.32 Å². The van der Waals surface area contributed by atoms with Gasteiger partial charge in [0.15, 0.2) is 10.8 Å². The molecule has 0 aromatic carbocycles. The third-order valence-electron chi connectivity index (χ3n) is 3.14. The molecule has 0 aliphatic heterocycles. The number of hydrogen-bond donors (Lipinski definition) is 1. The predicted octanol–water partition coefficient (Wildman–Crippen LogP) is 2.50. The van der Waals surface area contributed by atoms with E-state index < -0.39 is 0 Å². The summed E-state index contributed by atoms with van der Waals surface area (Å²) >= 11 is 1.34. The van der Waals surface area contributed by atoms with Crippen LogP contribution in [0.1, 0.15) is 10.5 Å². The van der Waals surface area contributed by atoms with Crippen molar-refractivity contribution in [3.8, 4) is 11.4 Å². The van der Waals surface area contributed by atoms with E-state index in [1.165, 1.54) is 11.3 Å². The van der Waals surface area contributed by atoms with Crippen molar-refractivity contribution in [2.75, 3.05) is 5.32 Å². The van der Waals surface area contributed by atoms with Gasteiger partial charge in [-0.3, -0.25) is 15.1 Å². The summed E-state index contributed by atoms with van der Waals surface area (Å²) in [6.07, 6.45) is 5.02. The highest BCUT2D eigenvalue weighted by Gasteiger charge is 2.12. The van der Waals surface area contributed by atoms with E-state index in [2.05, 4.69) is 25.4 Å². The Morgan fingerprint density at radius 3 is 2.91 bits per heavy atom. The lowest BCUT2D eigenvalue weighted by Crippen LogP contribution is -2.15. The van der Waals surface area contributed by atoms with E-state index >= 15 is 0 Å². The Hall–Kier alpha value is -3.13. The van der Waals surface area contributed by atoms with Crippen LogP contribution in [0.3, 0.4) is 0 Å². The minimum atomic E-state index is -0.317. The molecule has 0 saturated heterocycles. The second-order valence-corrected chi connectivity index (χ2v) is 5.51. The van der Waals surface area contributed by atoms with E-state index in [1.807, 2.05) is 23.6 Å². The highest BCUT2D eigenvalue weighted by Crippen LogP contribution is 2.23. The third kappa shape index (κ3) is 2.67. The van der Waals surface area contributed by atoms with Gasteiger partial charge in [-0.05, 0) is 24.3 Å². The molecule has 4 heterocycles. The lowest BCUT2D eigenvalue weighted by molar-refractivity contribution is 0.102. The van der Waals surface area contributed by atoms with Crippen molar-refractivity contribution in [2.24, 2.45) is 0 Å². The summed E-state index contributed by atoms with van der Waals surface area (Å²) in [5.74, 6) is -0.317. The molecule has 4 aromatic rings. The van der Waals surface area contributed by atoms with Gasteiger partial charge < -0.3 is 0 Å². The summed E-state index contributed by atoms with van der Waals surface area (Å²) in [5.41, 5.74) is 2.48. The van der Waals surface area contributed by atoms with Gasteiger partial charge >= 0.3 is 0 Å². The van der Waals surface area contributed by atoms with Crippen molar-refractivity contribution in [1.29, 1.82) is 0 Å². The van der Waals surface area contributed by atoms with Gasteiger partial charge in [0, 0.05) is 24.0 Å². The summed E-state index contributed by atoms with van der Waals surface area (Å²) in [6, 6.07) is 8.98. The SMILES string of the molecule is O=C(Nc1nc(-c2ccccn2)cs1)c1ccc2nccn2n1. The standard InChI is InChI=1S/C15H10N6OS/c22-14(11-4-5-13-17-7-8-21(13)20-11)19-15-18-12(9-23-15)10-3-1-2-6-16-10/h1-9H,(H,18,19,22). The molecule has 0 spiro atoms. The Bertz CT molecular complexity index is 978. The summed E-state index contributed by atoms with van der Waals surface area (Å²) < 4.78 is 1.55. The maximum atomic E-state index is 12.3. The van der Waals surface area contributed by atoms with Crippen molar-refractivity contribution in [1.82, 2.24) is 24.6 Å². The average molecular weight is 322 g/mol. The Morgan fingerprint density at radius 1 is 1.09 bits per heavy atom. The van der Waals surface area contributed by atoms with E-state index in [0.29, 0.717) is 16.5 Å². The molecule has 7 nitrogen and oxygen atoms in total. The summed E-state index contributed by atoms with van der Waals surface area (Å²) in [4.78, 5) is 25.0. The summed E-state index contributed by atoms with van der Waals surface area (Å²) in [6.45, 7) is 0. The molecule has 0 aliphatic carbocycles. The van der Waals surface area contributed by atoms with Crippen LogP contribution >= 0.6 is 11.3 Å². The first kappa shape index (κ1) is 13.5. The van der Waals surface area contributed by atoms with Gasteiger partial charge in [-0.2, -0.15) is 5.10 Å². The molecule has 1 amide bonds. The topological polar surface area (TPSA) is 85.1 Å². The van der Waals surface area contributed by atoms with Gasteiger partial charge in [-0.15, -0.1) is 11.3 Å². The fourth-order valence-corrected chi connectivity index (χ4v) is 2.76. The Labute approximate surface area is 134 Å². The lowest BCUT2D eigenvalue weighted by Gasteiger charge is -2.01. The molecule has 0 radical (unpaired) electrons. The first-order chi connectivity index (χ1) is 11.3. The molecule has 0 atom stereocenters. The van der Waals surface area contributed by atoms with Crippen molar-refractivity contribution in [3.63, 3.8) is 0 Å². The second kappa shape index (κ2) is 5.58. The molecule has 112 valence electrons. The number of nitrogens with one attached hydrogen (secondary N) is 1. The zero-order valence-electron chi connectivity index (χ0n) is 11.7. The minimum Gasteiger partial charge on any atom is -0.296 e. The first-order valence-corrected chi connectivity index (χ1v) is 7.66. The molecule has 4 rings (SSSR count). The number of carbonyl (C=O) groups is 1. The van der Waals surface area contributed by atoms with E-state index in [9.17, 15) is 4.79 Å². The largest absolute Gasteiger partial charge is 0.296 e. The van der Waals surface area contributed by atoms with Crippen LogP contribution in [0.5, 0.6) is 0 Å². The average Bonchev–Trinajstić information content (AvgIpc) is 3.24. The number of anilines is 1. The molecule has 4 aromatic heterocycles. The lowest BCUT2D eigenvalue weighted by atomic mass is 10.3. The van der Waals surface area contributed by atoms with E-state index in [1.54, 1.807) is 35.2 Å². The van der Waals surface area contributed by atoms with Gasteiger partial charge in [0.25, 0.3) is 5.91 Å². The van der Waals surface area contributed by atoms with Crippen molar-refractivity contribution in [2.45, 2.75) is 0 Å². The molecule has 1 N–H and O–H groups in total. The van der Waals surface area contributed by atoms with E-state index in [-0.39, 0.29) is 5.91 Å². The maximum Gasteiger partial charge on any atom is 0.277 e. The number of imidazole rings is 1. The van der Waals surface area contributed by atoms with Gasteiger partial charge in [-0.1, -0.05) is 6.07 Å². The smallest absolute Gasteiger partial charge is 0.277 e. The Kier molecular flexibility index (Phi) is 3.28. The molecule has 0 bridgehead atoms. The number of fused-ring (bicyclic) bond motifs is 1. The zero-order valence-corrected chi connectivity index (χ0v) is 12.6. The van der Waals surface area contributed by atoms with Crippen molar-refractivity contribution < 1.29 is 4.79 Å². The molecular weight excluding hydrogens is 312 g/mol. The number of nitrogens with zero attached hydrogens (tertiary/aromatic N) is 5. The molecule has 0 fully saturated rings. The second-order valence-electron chi connectivity index (χ2n) is 4.66. The monoisotopic (exact) mass is 322 g/mol. The van der Waals surface area contributed by atoms with Crippen LogP contribution in [-0.4, -0.2) is 30.5 Å². The molecule has 23 heavy (non-hydrogen) atoms. The summed E-state index contributed by atoms with van der Waals surface area (Å²) in [5, 5.41) is 9.31. The third-order valence-corrected chi connectivity index (χ3v) is 3.90. The van der Waals surface area contributed by atoms with Crippen LogP contribution in [0.2, 0.25) is 0 Å². The Balaban J connectivity index is 1.55. The molecule has 0 aliphatic rings. The van der Waals surface area contributed by atoms with E-state index in [4.69, 9.17) is 0 Å². The highest BCUT2D eigenvalue weighted by molar-refractivity contribution is 7.14. The molecule has 0 unspecified atom stereocenters. The molecule has 8 heteroatoms. The quantitative estimate of drug-likeness (QED) is 0.626. The fourth-order valence-electron chi connectivity index (χ4n) is 2.06. The number of hydrogen-bond acceptors (Lipinski definition) is 6. The Morgan fingerprint density at radius 2 is 2.04 bits per heavy atom. The molecular formula is C15H10N6OS. The van der Waals surface area contributed by atoms with Crippen LogP contribution in [0.4, 0.5) is 5.13 Å². The van der Waals surface area contributed by atoms with Crippen molar-refractivity contribution in [3.05, 3.63) is 60.0 Å². The highest BCUT2D eigenvalue weighted by atomic mass is 32.1. The van der Waals surface area contributed by atoms with E-state index in [0.717, 1.165) is 11.4 Å². The number of carbonyl (C=O) groups excluding carboxylic acids is 1. The number of aromatic nitrogens is 5. The number of thiazole rings is 1. The number of rotatable bonds is 3. The van der Waals surface area contributed by atoms with Gasteiger partial charge in [0.2, 0.25) is 0 Å².